The number of nitrogens with two attached hydrogens (primary N) is 1. The minimum absolute atomic E-state index is 0.0447. The zero-order chi connectivity index (χ0) is 15.1. The van der Waals surface area contributed by atoms with Gasteiger partial charge in [0.05, 0.1) is 0 Å². The van der Waals surface area contributed by atoms with E-state index in [9.17, 15) is 4.79 Å². The van der Waals surface area contributed by atoms with Crippen molar-refractivity contribution in [2.24, 2.45) is 5.73 Å². The Labute approximate surface area is 127 Å². The zero-order valence-electron chi connectivity index (χ0n) is 13.0. The van der Waals surface area contributed by atoms with Crippen molar-refractivity contribution in [3.63, 3.8) is 0 Å². The largest absolute Gasteiger partial charge is 0.349 e. The van der Waals surface area contributed by atoms with E-state index >= 15 is 0 Å². The molecule has 1 aromatic rings. The minimum Gasteiger partial charge on any atom is -0.349 e. The standard InChI is InChI=1S/C17H27N3O/c1-2-11-20-12-8-16(9-13-20)19-17(21)15-5-3-14(4-6-15)7-10-18/h3-6,16H,2,7-13,18H2,1H3,(H,19,21). The van der Waals surface area contributed by atoms with Crippen molar-refractivity contribution < 1.29 is 4.79 Å². The molecule has 21 heavy (non-hydrogen) atoms. The van der Waals surface area contributed by atoms with Crippen LogP contribution in [0.5, 0.6) is 0 Å². The molecule has 1 aliphatic heterocycles. The number of hydrogen-bond donors (Lipinski definition) is 2. The Morgan fingerprint density at radius 2 is 1.95 bits per heavy atom. The summed E-state index contributed by atoms with van der Waals surface area (Å²) < 4.78 is 0. The van der Waals surface area contributed by atoms with Gasteiger partial charge in [-0.1, -0.05) is 19.1 Å². The number of carbonyl (C=O) groups is 1. The average Bonchev–Trinajstić information content (AvgIpc) is 2.50. The molecule has 0 unspecified atom stereocenters. The molecule has 4 nitrogen and oxygen atoms in total. The van der Waals surface area contributed by atoms with Crippen LogP contribution in [0.1, 0.15) is 42.1 Å². The summed E-state index contributed by atoms with van der Waals surface area (Å²) in [6.07, 6.45) is 4.16. The number of carbonyl (C=O) groups excluding carboxylic acids is 1. The number of hydrogen-bond acceptors (Lipinski definition) is 3. The van der Waals surface area contributed by atoms with Gasteiger partial charge in [-0.25, -0.2) is 0 Å². The van der Waals surface area contributed by atoms with Crippen LogP contribution in [0.3, 0.4) is 0 Å². The van der Waals surface area contributed by atoms with Crippen LogP contribution in [0.15, 0.2) is 24.3 Å². The maximum absolute atomic E-state index is 12.2. The molecule has 0 aromatic heterocycles. The fourth-order valence-electron chi connectivity index (χ4n) is 2.88. The van der Waals surface area contributed by atoms with E-state index in [0.29, 0.717) is 12.6 Å². The molecular formula is C17H27N3O. The topological polar surface area (TPSA) is 58.4 Å². The second-order valence-electron chi connectivity index (χ2n) is 5.82. The summed E-state index contributed by atoms with van der Waals surface area (Å²) in [7, 11) is 0. The van der Waals surface area contributed by atoms with Gasteiger partial charge in [-0.2, -0.15) is 0 Å². The molecule has 0 radical (unpaired) electrons. The first kappa shape index (κ1) is 16.0. The molecule has 0 saturated carbocycles. The molecule has 4 heteroatoms. The monoisotopic (exact) mass is 289 g/mol. The van der Waals surface area contributed by atoms with Gasteiger partial charge < -0.3 is 16.0 Å². The number of benzene rings is 1. The van der Waals surface area contributed by atoms with Crippen molar-refractivity contribution in [2.75, 3.05) is 26.2 Å². The second-order valence-corrected chi connectivity index (χ2v) is 5.82. The van der Waals surface area contributed by atoms with Gasteiger partial charge in [-0.15, -0.1) is 0 Å². The Morgan fingerprint density at radius 3 is 2.52 bits per heavy atom. The maximum Gasteiger partial charge on any atom is 0.251 e. The lowest BCUT2D eigenvalue weighted by Gasteiger charge is -2.32. The van der Waals surface area contributed by atoms with Crippen LogP contribution < -0.4 is 11.1 Å². The summed E-state index contributed by atoms with van der Waals surface area (Å²) in [5, 5.41) is 3.16. The van der Waals surface area contributed by atoms with Crippen molar-refractivity contribution in [1.29, 1.82) is 0 Å². The highest BCUT2D eigenvalue weighted by atomic mass is 16.1. The molecule has 1 amide bonds. The molecular weight excluding hydrogens is 262 g/mol. The highest BCUT2D eigenvalue weighted by Gasteiger charge is 2.20. The number of amides is 1. The number of piperidine rings is 1. The third-order valence-corrected chi connectivity index (χ3v) is 4.11. The Bertz CT molecular complexity index is 436. The van der Waals surface area contributed by atoms with Gasteiger partial charge >= 0.3 is 0 Å². The fourth-order valence-corrected chi connectivity index (χ4v) is 2.88. The lowest BCUT2D eigenvalue weighted by atomic mass is 10.0. The Kier molecular flexibility index (Phi) is 6.21. The van der Waals surface area contributed by atoms with Crippen molar-refractivity contribution >= 4 is 5.91 Å². The van der Waals surface area contributed by atoms with Crippen LogP contribution >= 0.6 is 0 Å². The number of nitrogens with zero attached hydrogens (tertiary/aromatic N) is 1. The van der Waals surface area contributed by atoms with E-state index in [1.165, 1.54) is 18.5 Å². The molecule has 1 heterocycles. The van der Waals surface area contributed by atoms with E-state index in [-0.39, 0.29) is 5.91 Å². The molecule has 1 fully saturated rings. The van der Waals surface area contributed by atoms with Gasteiger partial charge in [0.15, 0.2) is 0 Å². The van der Waals surface area contributed by atoms with Crippen LogP contribution in [0.2, 0.25) is 0 Å². The minimum atomic E-state index is 0.0447. The predicted molar refractivity (Wildman–Crippen MR) is 86.4 cm³/mol. The van der Waals surface area contributed by atoms with Crippen molar-refractivity contribution in [2.45, 2.75) is 38.6 Å². The molecule has 2 rings (SSSR count). The SMILES string of the molecule is CCCN1CCC(NC(=O)c2ccc(CCN)cc2)CC1. The molecule has 1 aliphatic rings. The summed E-state index contributed by atoms with van der Waals surface area (Å²) in [5.41, 5.74) is 7.46. The van der Waals surface area contributed by atoms with E-state index in [1.54, 1.807) is 0 Å². The van der Waals surface area contributed by atoms with Crippen LogP contribution in [0.25, 0.3) is 0 Å². The summed E-state index contributed by atoms with van der Waals surface area (Å²) in [6, 6.07) is 8.09. The Morgan fingerprint density at radius 1 is 1.29 bits per heavy atom. The van der Waals surface area contributed by atoms with Crippen molar-refractivity contribution in [3.8, 4) is 0 Å². The van der Waals surface area contributed by atoms with Gasteiger partial charge in [0.25, 0.3) is 5.91 Å². The zero-order valence-corrected chi connectivity index (χ0v) is 13.0. The number of rotatable bonds is 6. The number of likely N-dealkylation sites (tertiary alicyclic amines) is 1. The Hall–Kier alpha value is -1.39. The average molecular weight is 289 g/mol. The first-order valence-corrected chi connectivity index (χ1v) is 8.05. The third kappa shape index (κ3) is 4.83. The third-order valence-electron chi connectivity index (χ3n) is 4.11. The summed E-state index contributed by atoms with van der Waals surface area (Å²) in [4.78, 5) is 14.7. The smallest absolute Gasteiger partial charge is 0.251 e. The van der Waals surface area contributed by atoms with E-state index in [4.69, 9.17) is 5.73 Å². The Balaban J connectivity index is 1.81. The van der Waals surface area contributed by atoms with Crippen LogP contribution in [-0.4, -0.2) is 43.0 Å². The summed E-state index contributed by atoms with van der Waals surface area (Å²) in [5.74, 6) is 0.0447. The second kappa shape index (κ2) is 8.15. The summed E-state index contributed by atoms with van der Waals surface area (Å²) in [6.45, 7) is 6.20. The van der Waals surface area contributed by atoms with Crippen LogP contribution in [-0.2, 0) is 6.42 Å². The maximum atomic E-state index is 12.2. The predicted octanol–water partition coefficient (Wildman–Crippen LogP) is 1.79. The normalized spacial score (nSPS) is 16.9. The molecule has 3 N–H and O–H groups in total. The van der Waals surface area contributed by atoms with Gasteiger partial charge in [0.2, 0.25) is 0 Å². The van der Waals surface area contributed by atoms with E-state index in [0.717, 1.165) is 37.9 Å². The van der Waals surface area contributed by atoms with Gasteiger partial charge in [0, 0.05) is 24.7 Å². The molecule has 1 saturated heterocycles. The molecule has 116 valence electrons. The number of nitrogens with one attached hydrogen (secondary N) is 1. The summed E-state index contributed by atoms with van der Waals surface area (Å²) >= 11 is 0. The highest BCUT2D eigenvalue weighted by molar-refractivity contribution is 5.94. The van der Waals surface area contributed by atoms with Gasteiger partial charge in [-0.05, 0) is 56.5 Å². The quantitative estimate of drug-likeness (QED) is 0.839. The first-order valence-electron chi connectivity index (χ1n) is 8.05. The fraction of sp³-hybridized carbons (Fsp3) is 0.588. The molecule has 0 spiro atoms. The molecule has 1 aromatic carbocycles. The van der Waals surface area contributed by atoms with Crippen LogP contribution in [0, 0.1) is 0 Å². The molecule has 0 aliphatic carbocycles. The van der Waals surface area contributed by atoms with Gasteiger partial charge in [0.1, 0.15) is 0 Å². The highest BCUT2D eigenvalue weighted by Crippen LogP contribution is 2.12. The van der Waals surface area contributed by atoms with E-state index in [2.05, 4.69) is 17.1 Å². The van der Waals surface area contributed by atoms with E-state index in [1.807, 2.05) is 24.3 Å². The molecule has 0 atom stereocenters. The molecule has 0 bridgehead atoms. The van der Waals surface area contributed by atoms with E-state index < -0.39 is 0 Å². The lowest BCUT2D eigenvalue weighted by molar-refractivity contribution is 0.0911. The van der Waals surface area contributed by atoms with Crippen molar-refractivity contribution in [1.82, 2.24) is 10.2 Å². The first-order chi connectivity index (χ1) is 10.2. The van der Waals surface area contributed by atoms with Crippen LogP contribution in [0.4, 0.5) is 0 Å². The van der Waals surface area contributed by atoms with Crippen molar-refractivity contribution in [3.05, 3.63) is 35.4 Å². The van der Waals surface area contributed by atoms with Gasteiger partial charge in [-0.3, -0.25) is 4.79 Å². The lowest BCUT2D eigenvalue weighted by Crippen LogP contribution is -2.44.